The van der Waals surface area contributed by atoms with Crippen LogP contribution in [0.2, 0.25) is 0 Å². The number of nitriles is 1. The number of halogens is 2. The van der Waals surface area contributed by atoms with Gasteiger partial charge < -0.3 is 5.11 Å². The van der Waals surface area contributed by atoms with Gasteiger partial charge >= 0.3 is 0 Å². The van der Waals surface area contributed by atoms with Crippen LogP contribution in [0, 0.1) is 28.4 Å². The van der Waals surface area contributed by atoms with Gasteiger partial charge in [0.25, 0.3) is 0 Å². The highest BCUT2D eigenvalue weighted by Crippen LogP contribution is 2.42. The fourth-order valence-corrected chi connectivity index (χ4v) is 1.71. The summed E-state index contributed by atoms with van der Waals surface area (Å²) in [5.41, 5.74) is -3.12. The van der Waals surface area contributed by atoms with E-state index in [-0.39, 0.29) is 5.56 Å². The van der Waals surface area contributed by atoms with Gasteiger partial charge in [0.05, 0.1) is 11.5 Å². The van der Waals surface area contributed by atoms with Crippen LogP contribution in [0.4, 0.5) is 8.78 Å². The maximum atomic E-state index is 13.7. The Labute approximate surface area is 99.5 Å². The van der Waals surface area contributed by atoms with Crippen LogP contribution >= 0.6 is 0 Å². The highest BCUT2D eigenvalue weighted by Gasteiger charge is 2.45. The van der Waals surface area contributed by atoms with E-state index in [9.17, 15) is 13.9 Å². The van der Waals surface area contributed by atoms with Gasteiger partial charge in [-0.2, -0.15) is 5.26 Å². The monoisotopic (exact) mass is 239 g/mol. The lowest BCUT2D eigenvalue weighted by molar-refractivity contribution is -0.0412. The van der Waals surface area contributed by atoms with Crippen molar-refractivity contribution in [2.75, 3.05) is 0 Å². The van der Waals surface area contributed by atoms with Gasteiger partial charge in [0.1, 0.15) is 5.60 Å². The first-order chi connectivity index (χ1) is 7.80. The molecule has 0 fully saturated rings. The molecule has 0 radical (unpaired) electrons. The molecule has 0 spiro atoms. The average Bonchev–Trinajstić information content (AvgIpc) is 2.31. The van der Waals surface area contributed by atoms with E-state index in [0.717, 1.165) is 6.07 Å². The molecular formula is C13H15F2NO. The highest BCUT2D eigenvalue weighted by atomic mass is 19.2. The zero-order chi connectivity index (χ0) is 13.3. The molecule has 0 aliphatic heterocycles. The molecule has 17 heavy (non-hydrogen) atoms. The van der Waals surface area contributed by atoms with Crippen LogP contribution in [0.25, 0.3) is 0 Å². The maximum absolute atomic E-state index is 13.7. The molecule has 1 aromatic carbocycles. The van der Waals surface area contributed by atoms with Crippen molar-refractivity contribution in [1.29, 1.82) is 5.26 Å². The minimum atomic E-state index is -1.75. The summed E-state index contributed by atoms with van der Waals surface area (Å²) in [5, 5.41) is 19.5. The molecule has 0 amide bonds. The molecule has 0 aromatic heterocycles. The first-order valence-corrected chi connectivity index (χ1v) is 5.38. The Balaban J connectivity index is 3.41. The molecule has 2 unspecified atom stereocenters. The lowest BCUT2D eigenvalue weighted by atomic mass is 9.70. The maximum Gasteiger partial charge on any atom is 0.164 e. The molecule has 0 aliphatic carbocycles. The second-order valence-corrected chi connectivity index (χ2v) is 4.47. The van der Waals surface area contributed by atoms with Crippen molar-refractivity contribution in [3.05, 3.63) is 35.4 Å². The predicted molar refractivity (Wildman–Crippen MR) is 59.9 cm³/mol. The molecule has 0 heterocycles. The van der Waals surface area contributed by atoms with Crippen LogP contribution in [-0.4, -0.2) is 5.11 Å². The van der Waals surface area contributed by atoms with Gasteiger partial charge in [-0.05, 0) is 26.3 Å². The summed E-state index contributed by atoms with van der Waals surface area (Å²) >= 11 is 0. The van der Waals surface area contributed by atoms with Crippen molar-refractivity contribution in [3.63, 3.8) is 0 Å². The van der Waals surface area contributed by atoms with Gasteiger partial charge in [0, 0.05) is 5.56 Å². The van der Waals surface area contributed by atoms with Gasteiger partial charge in [0.2, 0.25) is 0 Å². The van der Waals surface area contributed by atoms with Gasteiger partial charge in [-0.3, -0.25) is 0 Å². The van der Waals surface area contributed by atoms with Crippen molar-refractivity contribution >= 4 is 0 Å². The third kappa shape index (κ3) is 2.03. The first-order valence-electron chi connectivity index (χ1n) is 5.38. The van der Waals surface area contributed by atoms with Crippen LogP contribution in [0.3, 0.4) is 0 Å². The highest BCUT2D eigenvalue weighted by molar-refractivity contribution is 5.29. The van der Waals surface area contributed by atoms with Crippen LogP contribution in [0.15, 0.2) is 18.2 Å². The second-order valence-electron chi connectivity index (χ2n) is 4.47. The smallest absolute Gasteiger partial charge is 0.164 e. The Hall–Kier alpha value is -1.47. The van der Waals surface area contributed by atoms with E-state index >= 15 is 0 Å². The van der Waals surface area contributed by atoms with Crippen molar-refractivity contribution < 1.29 is 13.9 Å². The zero-order valence-corrected chi connectivity index (χ0v) is 10.1. The van der Waals surface area contributed by atoms with Crippen LogP contribution in [0.1, 0.15) is 32.8 Å². The number of rotatable bonds is 3. The molecular weight excluding hydrogens is 224 g/mol. The largest absolute Gasteiger partial charge is 0.384 e. The molecule has 2 nitrogen and oxygen atoms in total. The van der Waals surface area contributed by atoms with Crippen LogP contribution < -0.4 is 0 Å². The summed E-state index contributed by atoms with van der Waals surface area (Å²) in [6.07, 6.45) is 0.326. The first kappa shape index (κ1) is 13.6. The lowest BCUT2D eigenvalue weighted by Gasteiger charge is -2.37. The van der Waals surface area contributed by atoms with E-state index in [1.807, 2.05) is 6.07 Å². The van der Waals surface area contributed by atoms with E-state index in [2.05, 4.69) is 0 Å². The molecule has 0 saturated heterocycles. The van der Waals surface area contributed by atoms with Crippen molar-refractivity contribution in [2.45, 2.75) is 32.8 Å². The standard InChI is InChI=1S/C13H15F2NO/c1-4-12(2,8-16)13(3,17)9-6-5-7-10(14)11(9)15/h5-7,17H,4H2,1-3H3. The second kappa shape index (κ2) is 4.42. The topological polar surface area (TPSA) is 44.0 Å². The summed E-state index contributed by atoms with van der Waals surface area (Å²) in [5.74, 6) is -2.13. The molecule has 2 atom stereocenters. The number of hydrogen-bond acceptors (Lipinski definition) is 2. The van der Waals surface area contributed by atoms with Crippen LogP contribution in [0.5, 0.6) is 0 Å². The molecule has 1 rings (SSSR count). The fourth-order valence-electron chi connectivity index (χ4n) is 1.71. The molecule has 1 aromatic rings. The van der Waals surface area contributed by atoms with Gasteiger partial charge in [-0.15, -0.1) is 0 Å². The normalized spacial score (nSPS) is 17.9. The molecule has 0 saturated carbocycles. The van der Waals surface area contributed by atoms with E-state index in [4.69, 9.17) is 5.26 Å². The number of nitrogens with zero attached hydrogens (tertiary/aromatic N) is 1. The van der Waals surface area contributed by atoms with Crippen molar-refractivity contribution in [1.82, 2.24) is 0 Å². The summed E-state index contributed by atoms with van der Waals surface area (Å²) < 4.78 is 26.8. The third-order valence-corrected chi connectivity index (χ3v) is 3.50. The summed E-state index contributed by atoms with van der Waals surface area (Å²) in [4.78, 5) is 0. The number of aliphatic hydroxyl groups is 1. The van der Waals surface area contributed by atoms with E-state index in [0.29, 0.717) is 6.42 Å². The van der Waals surface area contributed by atoms with Gasteiger partial charge in [0.15, 0.2) is 11.6 Å². The minimum Gasteiger partial charge on any atom is -0.384 e. The molecule has 0 aliphatic rings. The SMILES string of the molecule is CCC(C)(C#N)C(C)(O)c1cccc(F)c1F. The Morgan fingerprint density at radius 2 is 1.94 bits per heavy atom. The zero-order valence-electron chi connectivity index (χ0n) is 10.1. The summed E-state index contributed by atoms with van der Waals surface area (Å²) in [6, 6.07) is 5.56. The molecule has 1 N–H and O–H groups in total. The average molecular weight is 239 g/mol. The molecule has 0 bridgehead atoms. The summed E-state index contributed by atoms with van der Waals surface area (Å²) in [7, 11) is 0. The Morgan fingerprint density at radius 3 is 2.41 bits per heavy atom. The quantitative estimate of drug-likeness (QED) is 0.880. The fraction of sp³-hybridized carbons (Fsp3) is 0.462. The predicted octanol–water partition coefficient (Wildman–Crippen LogP) is 3.11. The van der Waals surface area contributed by atoms with E-state index in [1.165, 1.54) is 26.0 Å². The van der Waals surface area contributed by atoms with E-state index < -0.39 is 22.7 Å². The van der Waals surface area contributed by atoms with Crippen molar-refractivity contribution in [3.8, 4) is 6.07 Å². The Bertz CT molecular complexity index is 465. The number of benzene rings is 1. The molecule has 4 heteroatoms. The van der Waals surface area contributed by atoms with E-state index in [1.54, 1.807) is 6.92 Å². The van der Waals surface area contributed by atoms with Gasteiger partial charge in [-0.1, -0.05) is 19.1 Å². The Kier molecular flexibility index (Phi) is 3.53. The number of hydrogen-bond donors (Lipinski definition) is 1. The Morgan fingerprint density at radius 1 is 1.35 bits per heavy atom. The third-order valence-electron chi connectivity index (χ3n) is 3.50. The lowest BCUT2D eigenvalue weighted by Crippen LogP contribution is -2.40. The van der Waals surface area contributed by atoms with Crippen molar-refractivity contribution in [2.24, 2.45) is 5.41 Å². The van der Waals surface area contributed by atoms with Gasteiger partial charge in [-0.25, -0.2) is 8.78 Å². The molecule has 92 valence electrons. The van der Waals surface area contributed by atoms with Crippen LogP contribution in [-0.2, 0) is 5.60 Å². The minimum absolute atomic E-state index is 0.191. The summed E-state index contributed by atoms with van der Waals surface area (Å²) in [6.45, 7) is 4.57.